The smallest absolute Gasteiger partial charge is 0.230 e. The lowest BCUT2D eigenvalue weighted by atomic mass is 10.4. The van der Waals surface area contributed by atoms with Gasteiger partial charge in [-0.1, -0.05) is 0 Å². The number of rotatable bonds is 4. The van der Waals surface area contributed by atoms with Crippen molar-refractivity contribution >= 4 is 23.5 Å². The van der Waals surface area contributed by atoms with Crippen LogP contribution in [-0.4, -0.2) is 35.6 Å². The SMILES string of the molecule is C#CCCNc1nc(Cl)nc(N(C)C)n1. The van der Waals surface area contributed by atoms with Crippen LogP contribution in [0, 0.1) is 12.3 Å². The molecule has 0 amide bonds. The van der Waals surface area contributed by atoms with E-state index in [0.717, 1.165) is 0 Å². The van der Waals surface area contributed by atoms with Crippen LogP contribution < -0.4 is 10.2 Å². The van der Waals surface area contributed by atoms with Crippen molar-refractivity contribution < 1.29 is 0 Å². The van der Waals surface area contributed by atoms with Gasteiger partial charge in [0.25, 0.3) is 0 Å². The van der Waals surface area contributed by atoms with Crippen LogP contribution in [-0.2, 0) is 0 Å². The first-order valence-corrected chi connectivity index (χ1v) is 4.77. The summed E-state index contributed by atoms with van der Waals surface area (Å²) in [5, 5.41) is 3.13. The monoisotopic (exact) mass is 225 g/mol. The molecule has 0 aliphatic rings. The molecule has 0 saturated heterocycles. The Balaban J connectivity index is 2.76. The van der Waals surface area contributed by atoms with Gasteiger partial charge in [0.1, 0.15) is 0 Å². The van der Waals surface area contributed by atoms with Crippen LogP contribution in [0.15, 0.2) is 0 Å². The third-order valence-electron chi connectivity index (χ3n) is 1.55. The second-order valence-electron chi connectivity index (χ2n) is 3.00. The number of aromatic nitrogens is 3. The number of nitrogens with zero attached hydrogens (tertiary/aromatic N) is 4. The van der Waals surface area contributed by atoms with Crippen LogP contribution in [0.25, 0.3) is 0 Å². The lowest BCUT2D eigenvalue weighted by Gasteiger charge is -2.11. The zero-order valence-electron chi connectivity index (χ0n) is 8.66. The second-order valence-corrected chi connectivity index (χ2v) is 3.34. The molecule has 80 valence electrons. The Morgan fingerprint density at radius 1 is 1.40 bits per heavy atom. The zero-order valence-corrected chi connectivity index (χ0v) is 9.41. The average Bonchev–Trinajstić information content (AvgIpc) is 2.17. The molecule has 0 aliphatic heterocycles. The number of hydrogen-bond acceptors (Lipinski definition) is 5. The minimum atomic E-state index is 0.164. The third-order valence-corrected chi connectivity index (χ3v) is 1.72. The lowest BCUT2D eigenvalue weighted by Crippen LogP contribution is -2.15. The summed E-state index contributed by atoms with van der Waals surface area (Å²) in [5.41, 5.74) is 0. The zero-order chi connectivity index (χ0) is 11.3. The molecule has 6 heteroatoms. The van der Waals surface area contributed by atoms with Crippen LogP contribution in [0.2, 0.25) is 5.28 Å². The predicted octanol–water partition coefficient (Wildman–Crippen LogP) is 1.03. The molecule has 1 heterocycles. The van der Waals surface area contributed by atoms with Gasteiger partial charge in [0.15, 0.2) is 0 Å². The average molecular weight is 226 g/mol. The first kappa shape index (κ1) is 11.5. The molecule has 0 aromatic carbocycles. The molecule has 0 radical (unpaired) electrons. The molecule has 15 heavy (non-hydrogen) atoms. The molecule has 0 atom stereocenters. The normalized spacial score (nSPS) is 9.47. The molecule has 0 bridgehead atoms. The first-order chi connectivity index (χ1) is 7.13. The van der Waals surface area contributed by atoms with Crippen molar-refractivity contribution in [3.8, 4) is 12.3 Å². The Labute approximate surface area is 93.9 Å². The molecular weight excluding hydrogens is 214 g/mol. The molecule has 1 rings (SSSR count). The largest absolute Gasteiger partial charge is 0.353 e. The summed E-state index contributed by atoms with van der Waals surface area (Å²) in [5.74, 6) is 3.46. The summed E-state index contributed by atoms with van der Waals surface area (Å²) < 4.78 is 0. The minimum absolute atomic E-state index is 0.164. The van der Waals surface area contributed by atoms with E-state index in [2.05, 4.69) is 26.2 Å². The molecule has 0 aliphatic carbocycles. The molecule has 5 nitrogen and oxygen atoms in total. The van der Waals surface area contributed by atoms with E-state index < -0.39 is 0 Å². The van der Waals surface area contributed by atoms with Gasteiger partial charge < -0.3 is 10.2 Å². The standard InChI is InChI=1S/C9H12ClN5/c1-4-5-6-11-8-12-7(10)13-9(14-8)15(2)3/h1H,5-6H2,2-3H3,(H,11,12,13,14). The van der Waals surface area contributed by atoms with Crippen molar-refractivity contribution in [3.63, 3.8) is 0 Å². The predicted molar refractivity (Wildman–Crippen MR) is 61.1 cm³/mol. The Bertz CT molecular complexity index is 371. The number of anilines is 2. The third kappa shape index (κ3) is 3.60. The summed E-state index contributed by atoms with van der Waals surface area (Å²) in [6, 6.07) is 0. The van der Waals surface area contributed by atoms with Crippen molar-refractivity contribution in [2.75, 3.05) is 30.9 Å². The minimum Gasteiger partial charge on any atom is -0.353 e. The maximum absolute atomic E-state index is 5.74. The quantitative estimate of drug-likeness (QED) is 0.613. The van der Waals surface area contributed by atoms with E-state index >= 15 is 0 Å². The fourth-order valence-electron chi connectivity index (χ4n) is 0.865. The van der Waals surface area contributed by atoms with E-state index in [4.69, 9.17) is 18.0 Å². The summed E-state index contributed by atoms with van der Waals surface area (Å²) in [6.07, 6.45) is 5.73. The maximum Gasteiger partial charge on any atom is 0.230 e. The second kappa shape index (κ2) is 5.37. The number of nitrogens with one attached hydrogen (secondary N) is 1. The van der Waals surface area contributed by atoms with E-state index in [1.165, 1.54) is 0 Å². The van der Waals surface area contributed by atoms with Gasteiger partial charge in [-0.3, -0.25) is 0 Å². The lowest BCUT2D eigenvalue weighted by molar-refractivity contribution is 0.940. The topological polar surface area (TPSA) is 53.9 Å². The van der Waals surface area contributed by atoms with E-state index in [-0.39, 0.29) is 5.28 Å². The van der Waals surface area contributed by atoms with Crippen molar-refractivity contribution in [1.29, 1.82) is 0 Å². The van der Waals surface area contributed by atoms with Gasteiger partial charge in [0.2, 0.25) is 17.2 Å². The van der Waals surface area contributed by atoms with E-state index in [0.29, 0.717) is 24.9 Å². The summed E-state index contributed by atoms with van der Waals surface area (Å²) in [6.45, 7) is 0.615. The number of hydrogen-bond donors (Lipinski definition) is 1. The number of halogens is 1. The Hall–Kier alpha value is -1.54. The summed E-state index contributed by atoms with van der Waals surface area (Å²) in [7, 11) is 3.66. The van der Waals surface area contributed by atoms with Crippen molar-refractivity contribution in [2.24, 2.45) is 0 Å². The Kier molecular flexibility index (Phi) is 4.13. The van der Waals surface area contributed by atoms with Crippen molar-refractivity contribution in [2.45, 2.75) is 6.42 Å². The molecule has 0 fully saturated rings. The molecule has 1 aromatic rings. The van der Waals surface area contributed by atoms with Gasteiger partial charge in [-0.05, 0) is 11.6 Å². The first-order valence-electron chi connectivity index (χ1n) is 4.39. The molecule has 0 saturated carbocycles. The van der Waals surface area contributed by atoms with Gasteiger partial charge in [-0.15, -0.1) is 12.3 Å². The molecule has 0 spiro atoms. The van der Waals surface area contributed by atoms with E-state index in [9.17, 15) is 0 Å². The van der Waals surface area contributed by atoms with Crippen LogP contribution in [0.5, 0.6) is 0 Å². The fourth-order valence-corrected chi connectivity index (χ4v) is 1.02. The van der Waals surface area contributed by atoms with Gasteiger partial charge in [-0.25, -0.2) is 0 Å². The fraction of sp³-hybridized carbons (Fsp3) is 0.444. The van der Waals surface area contributed by atoms with Gasteiger partial charge in [0.05, 0.1) is 0 Å². The highest BCUT2D eigenvalue weighted by atomic mass is 35.5. The Morgan fingerprint density at radius 2 is 2.13 bits per heavy atom. The number of terminal acetylenes is 1. The molecule has 1 N–H and O–H groups in total. The molecule has 0 unspecified atom stereocenters. The molecule has 1 aromatic heterocycles. The van der Waals surface area contributed by atoms with Crippen molar-refractivity contribution in [1.82, 2.24) is 15.0 Å². The van der Waals surface area contributed by atoms with Gasteiger partial charge in [-0.2, -0.15) is 15.0 Å². The van der Waals surface area contributed by atoms with Crippen LogP contribution in [0.4, 0.5) is 11.9 Å². The van der Waals surface area contributed by atoms with E-state index in [1.807, 2.05) is 14.1 Å². The Morgan fingerprint density at radius 3 is 2.73 bits per heavy atom. The van der Waals surface area contributed by atoms with Gasteiger partial charge >= 0.3 is 0 Å². The van der Waals surface area contributed by atoms with E-state index in [1.54, 1.807) is 4.90 Å². The summed E-state index contributed by atoms with van der Waals surface area (Å²) in [4.78, 5) is 13.8. The van der Waals surface area contributed by atoms with Crippen LogP contribution in [0.3, 0.4) is 0 Å². The van der Waals surface area contributed by atoms with Crippen LogP contribution in [0.1, 0.15) is 6.42 Å². The highest BCUT2D eigenvalue weighted by molar-refractivity contribution is 6.28. The highest BCUT2D eigenvalue weighted by Gasteiger charge is 2.05. The van der Waals surface area contributed by atoms with Gasteiger partial charge in [0, 0.05) is 27.1 Å². The maximum atomic E-state index is 5.74. The highest BCUT2D eigenvalue weighted by Crippen LogP contribution is 2.11. The molecular formula is C9H12ClN5. The van der Waals surface area contributed by atoms with Crippen molar-refractivity contribution in [3.05, 3.63) is 5.28 Å². The van der Waals surface area contributed by atoms with Crippen LogP contribution >= 0.6 is 11.6 Å². The summed E-state index contributed by atoms with van der Waals surface area (Å²) >= 11 is 5.74.